The molecular formula is C16H26N4O3. The lowest BCUT2D eigenvalue weighted by Crippen LogP contribution is -2.43. The zero-order valence-corrected chi connectivity index (χ0v) is 14.2. The first kappa shape index (κ1) is 17.4. The molecule has 0 bridgehead atoms. The van der Waals surface area contributed by atoms with Crippen LogP contribution in [0.3, 0.4) is 0 Å². The Balaban J connectivity index is 2.07. The zero-order chi connectivity index (χ0) is 17.0. The SMILES string of the molecule is CCC(CC)(CC(=O)N1CCCC(c2nncn2C)C1)C(=O)O. The Morgan fingerprint density at radius 3 is 2.61 bits per heavy atom. The van der Waals surface area contributed by atoms with Crippen molar-refractivity contribution in [3.63, 3.8) is 0 Å². The maximum absolute atomic E-state index is 12.7. The van der Waals surface area contributed by atoms with Crippen molar-refractivity contribution in [3.05, 3.63) is 12.2 Å². The number of carboxylic acids is 1. The molecule has 128 valence electrons. The molecule has 1 aliphatic rings. The molecule has 1 fully saturated rings. The molecule has 1 aliphatic heterocycles. The molecular weight excluding hydrogens is 296 g/mol. The van der Waals surface area contributed by atoms with Gasteiger partial charge in [0.25, 0.3) is 0 Å². The molecule has 0 aliphatic carbocycles. The molecule has 23 heavy (non-hydrogen) atoms. The van der Waals surface area contributed by atoms with Crippen LogP contribution in [0.25, 0.3) is 0 Å². The smallest absolute Gasteiger partial charge is 0.310 e. The quantitative estimate of drug-likeness (QED) is 0.863. The molecule has 2 heterocycles. The van der Waals surface area contributed by atoms with Crippen molar-refractivity contribution in [1.82, 2.24) is 19.7 Å². The highest BCUT2D eigenvalue weighted by Gasteiger charge is 2.39. The topological polar surface area (TPSA) is 88.3 Å². The Labute approximate surface area is 136 Å². The van der Waals surface area contributed by atoms with Crippen LogP contribution < -0.4 is 0 Å². The van der Waals surface area contributed by atoms with E-state index < -0.39 is 11.4 Å². The lowest BCUT2D eigenvalue weighted by atomic mass is 9.78. The predicted octanol–water partition coefficient (Wildman–Crippen LogP) is 1.80. The van der Waals surface area contributed by atoms with E-state index in [1.807, 2.05) is 25.5 Å². The van der Waals surface area contributed by atoms with E-state index in [2.05, 4.69) is 10.2 Å². The summed E-state index contributed by atoms with van der Waals surface area (Å²) in [7, 11) is 1.90. The molecule has 1 saturated heterocycles. The number of carbonyl (C=O) groups excluding carboxylic acids is 1. The van der Waals surface area contributed by atoms with Gasteiger partial charge in [-0.1, -0.05) is 13.8 Å². The number of aliphatic carboxylic acids is 1. The van der Waals surface area contributed by atoms with Crippen LogP contribution in [0, 0.1) is 5.41 Å². The lowest BCUT2D eigenvalue weighted by Gasteiger charge is -2.35. The van der Waals surface area contributed by atoms with E-state index in [1.54, 1.807) is 11.2 Å². The summed E-state index contributed by atoms with van der Waals surface area (Å²) in [4.78, 5) is 26.1. The van der Waals surface area contributed by atoms with Gasteiger partial charge in [0.15, 0.2) is 0 Å². The maximum atomic E-state index is 12.7. The van der Waals surface area contributed by atoms with Crippen molar-refractivity contribution in [3.8, 4) is 0 Å². The Hall–Kier alpha value is -1.92. The number of amides is 1. The summed E-state index contributed by atoms with van der Waals surface area (Å²) in [6, 6.07) is 0. The number of nitrogens with zero attached hydrogens (tertiary/aromatic N) is 4. The van der Waals surface area contributed by atoms with Crippen molar-refractivity contribution in [2.45, 2.75) is 51.9 Å². The highest BCUT2D eigenvalue weighted by molar-refractivity contribution is 5.85. The van der Waals surface area contributed by atoms with Crippen LogP contribution in [0.1, 0.15) is 57.7 Å². The van der Waals surface area contributed by atoms with Gasteiger partial charge < -0.3 is 14.6 Å². The summed E-state index contributed by atoms with van der Waals surface area (Å²) in [6.45, 7) is 4.96. The second-order valence-corrected chi connectivity index (χ2v) is 6.45. The Kier molecular flexibility index (Phi) is 5.38. The predicted molar refractivity (Wildman–Crippen MR) is 84.8 cm³/mol. The first-order chi connectivity index (χ1) is 10.9. The number of aryl methyl sites for hydroxylation is 1. The van der Waals surface area contributed by atoms with E-state index in [9.17, 15) is 14.7 Å². The molecule has 7 nitrogen and oxygen atoms in total. The van der Waals surface area contributed by atoms with Crippen LogP contribution in [0.2, 0.25) is 0 Å². The van der Waals surface area contributed by atoms with E-state index >= 15 is 0 Å². The first-order valence-corrected chi connectivity index (χ1v) is 8.28. The number of hydrogen-bond donors (Lipinski definition) is 1. The standard InChI is InChI=1S/C16H26N4O3/c1-4-16(5-2,15(22)23)9-13(21)20-8-6-7-12(10-20)14-18-17-11-19(14)3/h11-12H,4-10H2,1-3H3,(H,22,23). The molecule has 1 aromatic rings. The third-order valence-corrected chi connectivity index (χ3v) is 5.18. The molecule has 0 saturated carbocycles. The minimum atomic E-state index is -0.950. The van der Waals surface area contributed by atoms with Crippen molar-refractivity contribution in [1.29, 1.82) is 0 Å². The summed E-state index contributed by atoms with van der Waals surface area (Å²) in [6.07, 6.45) is 4.54. The molecule has 1 aromatic heterocycles. The second-order valence-electron chi connectivity index (χ2n) is 6.45. The Morgan fingerprint density at radius 2 is 2.09 bits per heavy atom. The number of hydrogen-bond acceptors (Lipinski definition) is 4. The van der Waals surface area contributed by atoms with Gasteiger partial charge in [0, 0.05) is 32.5 Å². The molecule has 1 atom stereocenters. The normalized spacial score (nSPS) is 18.9. The fourth-order valence-corrected chi connectivity index (χ4v) is 3.36. The zero-order valence-electron chi connectivity index (χ0n) is 14.2. The van der Waals surface area contributed by atoms with E-state index in [4.69, 9.17) is 0 Å². The van der Waals surface area contributed by atoms with E-state index in [0.717, 1.165) is 18.7 Å². The van der Waals surface area contributed by atoms with Crippen LogP contribution in [-0.4, -0.2) is 49.7 Å². The van der Waals surface area contributed by atoms with Crippen LogP contribution in [0.4, 0.5) is 0 Å². The van der Waals surface area contributed by atoms with Crippen molar-refractivity contribution < 1.29 is 14.7 Å². The number of likely N-dealkylation sites (tertiary alicyclic amines) is 1. The minimum absolute atomic E-state index is 0.0667. The van der Waals surface area contributed by atoms with Crippen LogP contribution in [-0.2, 0) is 16.6 Å². The number of rotatable bonds is 6. The number of carboxylic acid groups (broad SMARTS) is 1. The monoisotopic (exact) mass is 322 g/mol. The summed E-state index contributed by atoms with van der Waals surface area (Å²) < 4.78 is 1.89. The Bertz CT molecular complexity index is 565. The molecule has 1 amide bonds. The minimum Gasteiger partial charge on any atom is -0.481 e. The van der Waals surface area contributed by atoms with Gasteiger partial charge in [0.05, 0.1) is 5.41 Å². The molecule has 1 N–H and O–H groups in total. The average molecular weight is 322 g/mol. The maximum Gasteiger partial charge on any atom is 0.310 e. The van der Waals surface area contributed by atoms with Crippen molar-refractivity contribution >= 4 is 11.9 Å². The highest BCUT2D eigenvalue weighted by atomic mass is 16.4. The van der Waals surface area contributed by atoms with E-state index in [1.165, 1.54) is 0 Å². The molecule has 0 radical (unpaired) electrons. The van der Waals surface area contributed by atoms with Gasteiger partial charge in [0.1, 0.15) is 12.2 Å². The van der Waals surface area contributed by atoms with Crippen molar-refractivity contribution in [2.24, 2.45) is 12.5 Å². The largest absolute Gasteiger partial charge is 0.481 e. The van der Waals surface area contributed by atoms with Gasteiger partial charge in [-0.15, -0.1) is 10.2 Å². The van der Waals surface area contributed by atoms with Gasteiger partial charge in [0.2, 0.25) is 5.91 Å². The fourth-order valence-electron chi connectivity index (χ4n) is 3.36. The lowest BCUT2D eigenvalue weighted by molar-refractivity contribution is -0.154. The molecule has 7 heteroatoms. The summed E-state index contributed by atoms with van der Waals surface area (Å²) in [5, 5.41) is 17.6. The van der Waals surface area contributed by atoms with Gasteiger partial charge in [-0.3, -0.25) is 9.59 Å². The van der Waals surface area contributed by atoms with Gasteiger partial charge in [-0.05, 0) is 25.7 Å². The van der Waals surface area contributed by atoms with Gasteiger partial charge in [-0.2, -0.15) is 0 Å². The van der Waals surface area contributed by atoms with Gasteiger partial charge in [-0.25, -0.2) is 0 Å². The molecule has 0 aromatic carbocycles. The van der Waals surface area contributed by atoms with Crippen LogP contribution in [0.15, 0.2) is 6.33 Å². The summed E-state index contributed by atoms with van der Waals surface area (Å²) in [5.74, 6) is 0.112. The fraction of sp³-hybridized carbons (Fsp3) is 0.750. The number of aromatic nitrogens is 3. The second kappa shape index (κ2) is 7.10. The molecule has 0 spiro atoms. The Morgan fingerprint density at radius 1 is 1.39 bits per heavy atom. The van der Waals surface area contributed by atoms with Crippen LogP contribution in [0.5, 0.6) is 0 Å². The van der Waals surface area contributed by atoms with Gasteiger partial charge >= 0.3 is 5.97 Å². The van der Waals surface area contributed by atoms with E-state index in [-0.39, 0.29) is 18.2 Å². The number of carbonyl (C=O) groups is 2. The first-order valence-electron chi connectivity index (χ1n) is 8.28. The van der Waals surface area contributed by atoms with Crippen LogP contribution >= 0.6 is 0 Å². The third-order valence-electron chi connectivity index (χ3n) is 5.18. The molecule has 1 unspecified atom stereocenters. The highest BCUT2D eigenvalue weighted by Crippen LogP contribution is 2.33. The van der Waals surface area contributed by atoms with E-state index in [0.29, 0.717) is 25.9 Å². The third kappa shape index (κ3) is 3.54. The number of piperidine rings is 1. The molecule has 2 rings (SSSR count). The average Bonchev–Trinajstić information content (AvgIpc) is 2.98. The summed E-state index contributed by atoms with van der Waals surface area (Å²) in [5.41, 5.74) is -0.950. The summed E-state index contributed by atoms with van der Waals surface area (Å²) >= 11 is 0. The van der Waals surface area contributed by atoms with Crippen molar-refractivity contribution in [2.75, 3.05) is 13.1 Å².